The Morgan fingerprint density at radius 3 is 2.46 bits per heavy atom. The SMILES string of the molecule is CCCCCCC(=O)N[C@@H]1[C@@H]2C[C@@](c3ccc(-c4ccccc4)cc3)(CO2)[C@H]1C/C=C\CCCC(=O)O. The van der Waals surface area contributed by atoms with E-state index in [1.165, 1.54) is 23.1 Å². The number of carboxylic acid groups (broad SMARTS) is 1. The molecule has 1 aliphatic heterocycles. The van der Waals surface area contributed by atoms with Gasteiger partial charge in [0.05, 0.1) is 18.8 Å². The van der Waals surface area contributed by atoms with E-state index >= 15 is 0 Å². The molecule has 2 bridgehead atoms. The first kappa shape index (κ1) is 27.1. The monoisotopic (exact) mass is 503 g/mol. The summed E-state index contributed by atoms with van der Waals surface area (Å²) in [4.78, 5) is 23.7. The zero-order chi connectivity index (χ0) is 26.1. The van der Waals surface area contributed by atoms with Crippen molar-refractivity contribution >= 4 is 11.9 Å². The summed E-state index contributed by atoms with van der Waals surface area (Å²) in [6.07, 6.45) is 12.6. The summed E-state index contributed by atoms with van der Waals surface area (Å²) in [6.45, 7) is 2.85. The van der Waals surface area contributed by atoms with Crippen LogP contribution in [0.2, 0.25) is 0 Å². The van der Waals surface area contributed by atoms with Gasteiger partial charge in [0.2, 0.25) is 5.91 Å². The van der Waals surface area contributed by atoms with Gasteiger partial charge in [-0.05, 0) is 54.7 Å². The number of nitrogens with one attached hydrogen (secondary N) is 1. The number of fused-ring (bicyclic) bond motifs is 2. The van der Waals surface area contributed by atoms with Crippen molar-refractivity contribution < 1.29 is 19.4 Å². The first-order chi connectivity index (χ1) is 18.0. The lowest BCUT2D eigenvalue weighted by Crippen LogP contribution is -2.51. The molecule has 2 aliphatic rings. The third-order valence-corrected chi connectivity index (χ3v) is 8.13. The highest BCUT2D eigenvalue weighted by atomic mass is 16.5. The van der Waals surface area contributed by atoms with Gasteiger partial charge < -0.3 is 15.2 Å². The molecule has 1 saturated heterocycles. The van der Waals surface area contributed by atoms with E-state index in [1.807, 2.05) is 6.07 Å². The molecule has 2 aromatic carbocycles. The number of carboxylic acids is 1. The van der Waals surface area contributed by atoms with Crippen LogP contribution in [0.25, 0.3) is 11.1 Å². The average Bonchev–Trinajstić information content (AvgIpc) is 3.48. The first-order valence-corrected chi connectivity index (χ1v) is 14.0. The maximum absolute atomic E-state index is 12.9. The minimum Gasteiger partial charge on any atom is -0.481 e. The van der Waals surface area contributed by atoms with E-state index in [-0.39, 0.29) is 35.8 Å². The van der Waals surface area contributed by atoms with Gasteiger partial charge in [-0.3, -0.25) is 9.59 Å². The molecule has 2 aromatic rings. The Morgan fingerprint density at radius 2 is 1.73 bits per heavy atom. The minimum atomic E-state index is -0.752. The van der Waals surface area contributed by atoms with E-state index in [0.29, 0.717) is 19.4 Å². The Bertz CT molecular complexity index is 1050. The van der Waals surface area contributed by atoms with Crippen LogP contribution in [0.3, 0.4) is 0 Å². The molecule has 0 unspecified atom stereocenters. The second kappa shape index (κ2) is 13.0. The molecule has 0 radical (unpaired) electrons. The molecule has 4 atom stereocenters. The number of aliphatic carboxylic acids is 1. The standard InChI is InChI=1S/C32H41NO4/c1-2-3-4-11-16-29(34)33-31-27(15-10-5-6-12-17-30(35)36)32(22-28(31)37-23-32)26-20-18-25(19-21-26)24-13-8-7-9-14-24/h5,7-10,13-14,18-21,27-28,31H,2-4,6,11-12,15-17,22-23H2,1H3,(H,33,34)(H,35,36)/b10-5-/t27-,28-,31-,32-/m0/s1. The summed E-state index contributed by atoms with van der Waals surface area (Å²) in [5, 5.41) is 12.3. The zero-order valence-corrected chi connectivity index (χ0v) is 22.0. The van der Waals surface area contributed by atoms with Crippen LogP contribution in [-0.2, 0) is 19.7 Å². The summed E-state index contributed by atoms with van der Waals surface area (Å²) in [5.41, 5.74) is 3.54. The maximum atomic E-state index is 12.9. The van der Waals surface area contributed by atoms with Gasteiger partial charge in [0.1, 0.15) is 0 Å². The number of hydrogen-bond donors (Lipinski definition) is 2. The van der Waals surface area contributed by atoms with Crippen LogP contribution in [0.5, 0.6) is 0 Å². The molecular weight excluding hydrogens is 462 g/mol. The van der Waals surface area contributed by atoms with Crippen molar-refractivity contribution in [1.29, 1.82) is 0 Å². The van der Waals surface area contributed by atoms with Crippen LogP contribution < -0.4 is 5.32 Å². The fourth-order valence-electron chi connectivity index (χ4n) is 6.13. The van der Waals surface area contributed by atoms with Crippen LogP contribution >= 0.6 is 0 Å². The Hall–Kier alpha value is -2.92. The van der Waals surface area contributed by atoms with Crippen molar-refractivity contribution in [2.24, 2.45) is 5.92 Å². The normalized spacial score (nSPS) is 24.5. The third-order valence-electron chi connectivity index (χ3n) is 8.13. The molecule has 1 heterocycles. The number of carbonyl (C=O) groups excluding carboxylic acids is 1. The number of rotatable bonds is 14. The summed E-state index contributed by atoms with van der Waals surface area (Å²) in [5.74, 6) is -0.385. The smallest absolute Gasteiger partial charge is 0.303 e. The molecule has 0 spiro atoms. The van der Waals surface area contributed by atoms with Crippen molar-refractivity contribution in [1.82, 2.24) is 5.32 Å². The van der Waals surface area contributed by atoms with Gasteiger partial charge in [-0.25, -0.2) is 0 Å². The summed E-state index contributed by atoms with van der Waals surface area (Å²) in [7, 11) is 0. The Kier molecular flexibility index (Phi) is 9.56. The summed E-state index contributed by atoms with van der Waals surface area (Å²) < 4.78 is 6.28. The number of unbranched alkanes of at least 4 members (excludes halogenated alkanes) is 4. The number of allylic oxidation sites excluding steroid dienone is 2. The zero-order valence-electron chi connectivity index (χ0n) is 22.0. The van der Waals surface area contributed by atoms with E-state index in [2.05, 4.69) is 72.9 Å². The molecule has 4 rings (SSSR count). The van der Waals surface area contributed by atoms with Crippen molar-refractivity contribution in [3.05, 3.63) is 72.3 Å². The molecular formula is C32H41NO4. The quantitative estimate of drug-likeness (QED) is 0.223. The van der Waals surface area contributed by atoms with Crippen molar-refractivity contribution in [3.63, 3.8) is 0 Å². The van der Waals surface area contributed by atoms with Gasteiger partial charge in [-0.2, -0.15) is 0 Å². The van der Waals surface area contributed by atoms with E-state index in [9.17, 15) is 9.59 Å². The van der Waals surface area contributed by atoms with Gasteiger partial charge in [-0.1, -0.05) is 92.9 Å². The highest BCUT2D eigenvalue weighted by Crippen LogP contribution is 2.53. The minimum absolute atomic E-state index is 0.00936. The second-order valence-corrected chi connectivity index (χ2v) is 10.7. The Labute approximate surface area is 221 Å². The van der Waals surface area contributed by atoms with Crippen LogP contribution in [0.1, 0.15) is 76.7 Å². The highest BCUT2D eigenvalue weighted by molar-refractivity contribution is 5.76. The maximum Gasteiger partial charge on any atom is 0.303 e. The van der Waals surface area contributed by atoms with Crippen LogP contribution in [0, 0.1) is 5.92 Å². The predicted molar refractivity (Wildman–Crippen MR) is 147 cm³/mol. The molecule has 2 fully saturated rings. The number of ether oxygens (including phenoxy) is 1. The van der Waals surface area contributed by atoms with Gasteiger partial charge in [0.25, 0.3) is 0 Å². The third kappa shape index (κ3) is 6.70. The lowest BCUT2D eigenvalue weighted by atomic mass is 9.70. The fourth-order valence-corrected chi connectivity index (χ4v) is 6.13. The van der Waals surface area contributed by atoms with E-state index in [0.717, 1.165) is 38.5 Å². The van der Waals surface area contributed by atoms with Crippen molar-refractivity contribution in [2.45, 2.75) is 88.7 Å². The molecule has 0 aromatic heterocycles. The number of benzene rings is 2. The molecule has 1 saturated carbocycles. The van der Waals surface area contributed by atoms with Crippen LogP contribution in [-0.4, -0.2) is 35.7 Å². The van der Waals surface area contributed by atoms with Crippen LogP contribution in [0.15, 0.2) is 66.7 Å². The fraction of sp³-hybridized carbons (Fsp3) is 0.500. The predicted octanol–water partition coefficient (Wildman–Crippen LogP) is 6.67. The van der Waals surface area contributed by atoms with Gasteiger partial charge in [0, 0.05) is 18.3 Å². The topological polar surface area (TPSA) is 75.6 Å². The van der Waals surface area contributed by atoms with Gasteiger partial charge in [0.15, 0.2) is 0 Å². The molecule has 5 heteroatoms. The van der Waals surface area contributed by atoms with Crippen LogP contribution in [0.4, 0.5) is 0 Å². The lowest BCUT2D eigenvalue weighted by Gasteiger charge is -2.39. The van der Waals surface area contributed by atoms with E-state index in [1.54, 1.807) is 0 Å². The van der Waals surface area contributed by atoms with Gasteiger partial charge in [-0.15, -0.1) is 0 Å². The average molecular weight is 504 g/mol. The Balaban J connectivity index is 1.50. The number of amides is 1. The Morgan fingerprint density at radius 1 is 0.973 bits per heavy atom. The van der Waals surface area contributed by atoms with Gasteiger partial charge >= 0.3 is 5.97 Å². The van der Waals surface area contributed by atoms with E-state index < -0.39 is 5.97 Å². The van der Waals surface area contributed by atoms with Crippen molar-refractivity contribution in [3.8, 4) is 11.1 Å². The molecule has 1 amide bonds. The van der Waals surface area contributed by atoms with E-state index in [4.69, 9.17) is 9.84 Å². The number of hydrogen-bond acceptors (Lipinski definition) is 3. The molecule has 1 aliphatic carbocycles. The molecule has 5 nitrogen and oxygen atoms in total. The second-order valence-electron chi connectivity index (χ2n) is 10.7. The lowest BCUT2D eigenvalue weighted by molar-refractivity contribution is -0.137. The molecule has 198 valence electrons. The highest BCUT2D eigenvalue weighted by Gasteiger charge is 2.59. The first-order valence-electron chi connectivity index (χ1n) is 14.0. The summed E-state index contributed by atoms with van der Waals surface area (Å²) >= 11 is 0. The number of carbonyl (C=O) groups is 2. The molecule has 37 heavy (non-hydrogen) atoms. The largest absolute Gasteiger partial charge is 0.481 e. The summed E-state index contributed by atoms with van der Waals surface area (Å²) in [6, 6.07) is 19.3. The molecule has 2 N–H and O–H groups in total. The van der Waals surface area contributed by atoms with Crippen molar-refractivity contribution in [2.75, 3.05) is 6.61 Å².